The number of nitrogens with zero attached hydrogens (tertiary/aromatic N) is 3. The average molecular weight is 278 g/mol. The summed E-state index contributed by atoms with van der Waals surface area (Å²) < 4.78 is 0. The van der Waals surface area contributed by atoms with Crippen LogP contribution in [0.4, 0.5) is 5.95 Å². The van der Waals surface area contributed by atoms with Crippen molar-refractivity contribution < 1.29 is 9.90 Å². The first-order valence-corrected chi connectivity index (χ1v) is 7.02. The predicted molar refractivity (Wildman–Crippen MR) is 76.8 cm³/mol. The van der Waals surface area contributed by atoms with Gasteiger partial charge in [-0.3, -0.25) is 9.69 Å². The highest BCUT2D eigenvalue weighted by Gasteiger charge is 2.34. The highest BCUT2D eigenvalue weighted by molar-refractivity contribution is 5.69. The van der Waals surface area contributed by atoms with Crippen molar-refractivity contribution in [1.82, 2.24) is 14.9 Å². The maximum absolute atomic E-state index is 10.8. The molecular weight excluding hydrogens is 256 g/mol. The lowest BCUT2D eigenvalue weighted by atomic mass is 9.85. The third-order valence-electron chi connectivity index (χ3n) is 3.93. The fraction of sp³-hybridized carbons (Fsp3) is 0.643. The molecular formula is C14H22N4O2. The van der Waals surface area contributed by atoms with Gasteiger partial charge in [0.25, 0.3) is 0 Å². The zero-order chi connectivity index (χ0) is 14.7. The summed E-state index contributed by atoms with van der Waals surface area (Å²) in [5.74, 6) is -0.0985. The minimum Gasteiger partial charge on any atom is -0.480 e. The smallest absolute Gasteiger partial charge is 0.317 e. The number of aromatic nitrogens is 2. The number of rotatable bonds is 6. The quantitative estimate of drug-likeness (QED) is 0.820. The van der Waals surface area contributed by atoms with E-state index in [0.717, 1.165) is 30.6 Å². The van der Waals surface area contributed by atoms with Crippen LogP contribution in [0.1, 0.15) is 31.0 Å². The minimum absolute atomic E-state index is 0.119. The number of anilines is 1. The fourth-order valence-electron chi connectivity index (χ4n) is 2.46. The number of hydrogen-bond donors (Lipinski definition) is 2. The number of aliphatic carboxylic acids is 1. The first-order valence-electron chi connectivity index (χ1n) is 7.02. The Morgan fingerprint density at radius 2 is 2.20 bits per heavy atom. The molecule has 20 heavy (non-hydrogen) atoms. The van der Waals surface area contributed by atoms with E-state index in [4.69, 9.17) is 5.11 Å². The second kappa shape index (κ2) is 6.17. The number of aryl methyl sites for hydroxylation is 2. The SMILES string of the molecule is CCN(CC(=O)O)C1CC(Nc2ncc(C)c(C)n2)C1. The van der Waals surface area contributed by atoms with Crippen LogP contribution in [0.5, 0.6) is 0 Å². The average Bonchev–Trinajstić information content (AvgIpc) is 2.35. The molecule has 2 rings (SSSR count). The molecule has 6 heteroatoms. The van der Waals surface area contributed by atoms with Crippen molar-refractivity contribution >= 4 is 11.9 Å². The molecule has 0 bridgehead atoms. The van der Waals surface area contributed by atoms with Crippen molar-refractivity contribution in [3.63, 3.8) is 0 Å². The Morgan fingerprint density at radius 1 is 1.50 bits per heavy atom. The second-order valence-corrected chi connectivity index (χ2v) is 5.39. The van der Waals surface area contributed by atoms with Crippen LogP contribution >= 0.6 is 0 Å². The molecule has 0 unspecified atom stereocenters. The molecule has 0 saturated heterocycles. The standard InChI is InChI=1S/C14H22N4O2/c1-4-18(8-13(19)20)12-5-11(6-12)17-14-15-7-9(2)10(3)16-14/h7,11-12H,4-6,8H2,1-3H3,(H,19,20)(H,15,16,17). The summed E-state index contributed by atoms with van der Waals surface area (Å²) in [7, 11) is 0. The summed E-state index contributed by atoms with van der Waals surface area (Å²) in [6, 6.07) is 0.685. The van der Waals surface area contributed by atoms with Crippen molar-refractivity contribution in [3.05, 3.63) is 17.5 Å². The number of carbonyl (C=O) groups is 1. The van der Waals surface area contributed by atoms with E-state index in [9.17, 15) is 4.79 Å². The third kappa shape index (κ3) is 3.45. The van der Waals surface area contributed by atoms with Crippen molar-refractivity contribution in [1.29, 1.82) is 0 Å². The number of likely N-dealkylation sites (N-methyl/N-ethyl adjacent to an activating group) is 1. The first-order chi connectivity index (χ1) is 9.49. The van der Waals surface area contributed by atoms with E-state index in [0.29, 0.717) is 18.0 Å². The van der Waals surface area contributed by atoms with Crippen LogP contribution in [0.25, 0.3) is 0 Å². The third-order valence-corrected chi connectivity index (χ3v) is 3.93. The molecule has 6 nitrogen and oxygen atoms in total. The molecule has 0 aromatic carbocycles. The van der Waals surface area contributed by atoms with E-state index in [1.807, 2.05) is 31.9 Å². The molecule has 0 spiro atoms. The fourth-order valence-corrected chi connectivity index (χ4v) is 2.46. The summed E-state index contributed by atoms with van der Waals surface area (Å²) in [4.78, 5) is 21.5. The van der Waals surface area contributed by atoms with Crippen LogP contribution < -0.4 is 5.32 Å². The van der Waals surface area contributed by atoms with Gasteiger partial charge in [0.05, 0.1) is 6.54 Å². The molecule has 110 valence electrons. The summed E-state index contributed by atoms with van der Waals surface area (Å²) in [5, 5.41) is 12.2. The Morgan fingerprint density at radius 3 is 2.75 bits per heavy atom. The largest absolute Gasteiger partial charge is 0.480 e. The Kier molecular flexibility index (Phi) is 4.54. The monoisotopic (exact) mass is 278 g/mol. The zero-order valence-electron chi connectivity index (χ0n) is 12.3. The number of carboxylic acid groups (broad SMARTS) is 1. The highest BCUT2D eigenvalue weighted by atomic mass is 16.4. The number of nitrogens with one attached hydrogen (secondary N) is 1. The second-order valence-electron chi connectivity index (χ2n) is 5.39. The highest BCUT2D eigenvalue weighted by Crippen LogP contribution is 2.27. The van der Waals surface area contributed by atoms with Gasteiger partial charge in [-0.1, -0.05) is 6.92 Å². The Labute approximate surface area is 119 Å². The molecule has 1 aliphatic rings. The topological polar surface area (TPSA) is 78.4 Å². The van der Waals surface area contributed by atoms with Crippen LogP contribution in [-0.4, -0.2) is 51.1 Å². The lowest BCUT2D eigenvalue weighted by molar-refractivity contribution is -0.139. The molecule has 1 aliphatic carbocycles. The van der Waals surface area contributed by atoms with Crippen LogP contribution in [0.2, 0.25) is 0 Å². The molecule has 1 aromatic rings. The summed E-state index contributed by atoms with van der Waals surface area (Å²) in [6.45, 7) is 6.84. The Balaban J connectivity index is 1.84. The number of hydrogen-bond acceptors (Lipinski definition) is 5. The van der Waals surface area contributed by atoms with Gasteiger partial charge in [0.1, 0.15) is 0 Å². The maximum Gasteiger partial charge on any atom is 0.317 e. The van der Waals surface area contributed by atoms with Crippen LogP contribution in [-0.2, 0) is 4.79 Å². The van der Waals surface area contributed by atoms with E-state index in [2.05, 4.69) is 15.3 Å². The zero-order valence-corrected chi connectivity index (χ0v) is 12.3. The van der Waals surface area contributed by atoms with E-state index in [1.165, 1.54) is 0 Å². The summed E-state index contributed by atoms with van der Waals surface area (Å²) in [5.41, 5.74) is 2.07. The van der Waals surface area contributed by atoms with Gasteiger partial charge >= 0.3 is 5.97 Å². The van der Waals surface area contributed by atoms with Crippen LogP contribution in [0.3, 0.4) is 0 Å². The molecule has 1 saturated carbocycles. The van der Waals surface area contributed by atoms with Gasteiger partial charge in [-0.2, -0.15) is 0 Å². The van der Waals surface area contributed by atoms with Gasteiger partial charge in [0.15, 0.2) is 0 Å². The molecule has 1 heterocycles. The van der Waals surface area contributed by atoms with E-state index < -0.39 is 5.97 Å². The molecule has 0 atom stereocenters. The van der Waals surface area contributed by atoms with Gasteiger partial charge in [0, 0.05) is 24.0 Å². The van der Waals surface area contributed by atoms with Gasteiger partial charge in [0.2, 0.25) is 5.95 Å². The number of carboxylic acids is 1. The van der Waals surface area contributed by atoms with E-state index in [-0.39, 0.29) is 6.54 Å². The normalized spacial score (nSPS) is 21.6. The Bertz CT molecular complexity index is 486. The van der Waals surface area contributed by atoms with Crippen molar-refractivity contribution in [2.24, 2.45) is 0 Å². The van der Waals surface area contributed by atoms with Crippen LogP contribution in [0.15, 0.2) is 6.20 Å². The molecule has 1 aromatic heterocycles. The van der Waals surface area contributed by atoms with E-state index in [1.54, 1.807) is 0 Å². The molecule has 0 amide bonds. The molecule has 2 N–H and O–H groups in total. The Hall–Kier alpha value is -1.69. The lowest BCUT2D eigenvalue weighted by Gasteiger charge is -2.42. The van der Waals surface area contributed by atoms with Gasteiger partial charge in [-0.15, -0.1) is 0 Å². The minimum atomic E-state index is -0.763. The first kappa shape index (κ1) is 14.7. The van der Waals surface area contributed by atoms with Gasteiger partial charge in [-0.25, -0.2) is 9.97 Å². The maximum atomic E-state index is 10.8. The van der Waals surface area contributed by atoms with Gasteiger partial charge < -0.3 is 10.4 Å². The van der Waals surface area contributed by atoms with E-state index >= 15 is 0 Å². The van der Waals surface area contributed by atoms with Crippen molar-refractivity contribution in [2.75, 3.05) is 18.4 Å². The molecule has 1 fully saturated rings. The lowest BCUT2D eigenvalue weighted by Crippen LogP contribution is -2.51. The van der Waals surface area contributed by atoms with Crippen molar-refractivity contribution in [2.45, 2.75) is 45.7 Å². The molecule has 0 aliphatic heterocycles. The van der Waals surface area contributed by atoms with Crippen LogP contribution in [0, 0.1) is 13.8 Å². The summed E-state index contributed by atoms with van der Waals surface area (Å²) in [6.07, 6.45) is 3.71. The predicted octanol–water partition coefficient (Wildman–Crippen LogP) is 1.44. The van der Waals surface area contributed by atoms with Crippen molar-refractivity contribution in [3.8, 4) is 0 Å². The molecule has 0 radical (unpaired) electrons. The van der Waals surface area contributed by atoms with Gasteiger partial charge in [-0.05, 0) is 38.8 Å². The summed E-state index contributed by atoms with van der Waals surface area (Å²) >= 11 is 0.